The van der Waals surface area contributed by atoms with Gasteiger partial charge in [-0.15, -0.1) is 0 Å². The highest BCUT2D eigenvalue weighted by atomic mass is 16.7. The Morgan fingerprint density at radius 3 is 2.57 bits per heavy atom. The molecule has 0 aromatic rings. The van der Waals surface area contributed by atoms with Gasteiger partial charge in [0.1, 0.15) is 0 Å². The van der Waals surface area contributed by atoms with Gasteiger partial charge in [-0.05, 0) is 0 Å². The Morgan fingerprint density at radius 2 is 2.07 bits per heavy atom. The van der Waals surface area contributed by atoms with Gasteiger partial charge in [0.15, 0.2) is 0 Å². The number of hydrazine groups is 1. The molecule has 1 rings (SSSR count). The summed E-state index contributed by atoms with van der Waals surface area (Å²) in [6.07, 6.45) is -1.28. The van der Waals surface area contributed by atoms with Crippen molar-refractivity contribution in [3.05, 3.63) is 0 Å². The fourth-order valence-electron chi connectivity index (χ4n) is 1.40. The van der Waals surface area contributed by atoms with Gasteiger partial charge in [-0.25, -0.2) is 5.84 Å². The van der Waals surface area contributed by atoms with Gasteiger partial charge in [-0.1, -0.05) is 5.59 Å². The molecule has 5 N–H and O–H groups in total. The topological polar surface area (TPSA) is 108 Å². The van der Waals surface area contributed by atoms with Crippen LogP contribution in [0.2, 0.25) is 0 Å². The van der Waals surface area contributed by atoms with E-state index in [2.05, 4.69) is 4.84 Å². The Kier molecular flexibility index (Phi) is 4.23. The van der Waals surface area contributed by atoms with Crippen LogP contribution in [-0.2, 0) is 9.63 Å². The first kappa shape index (κ1) is 11.3. The molecule has 0 spiro atoms. The largest absolute Gasteiger partial charge is 0.389 e. The van der Waals surface area contributed by atoms with Crippen molar-refractivity contribution in [2.75, 3.05) is 19.6 Å². The number of nitrogens with two attached hydrogens (primary N) is 1. The molecule has 7 nitrogen and oxygen atoms in total. The molecule has 82 valence electrons. The maximum Gasteiger partial charge on any atom is 0.327 e. The summed E-state index contributed by atoms with van der Waals surface area (Å²) in [4.78, 5) is 16.9. The highest BCUT2D eigenvalue weighted by Crippen LogP contribution is 2.09. The molecule has 7 heteroatoms. The lowest BCUT2D eigenvalue weighted by atomic mass is 10.3. The molecule has 1 heterocycles. The fourth-order valence-corrected chi connectivity index (χ4v) is 1.40. The van der Waals surface area contributed by atoms with Crippen molar-refractivity contribution in [2.45, 2.75) is 18.6 Å². The van der Waals surface area contributed by atoms with Crippen molar-refractivity contribution >= 4 is 5.97 Å². The Bertz CT molecular complexity index is 191. The van der Waals surface area contributed by atoms with Gasteiger partial charge < -0.3 is 15.1 Å². The third-order valence-corrected chi connectivity index (χ3v) is 2.14. The summed E-state index contributed by atoms with van der Waals surface area (Å²) in [6, 6.07) is 0. The molecule has 1 saturated heterocycles. The van der Waals surface area contributed by atoms with Crippen LogP contribution in [0.1, 0.15) is 6.42 Å². The molecule has 0 aromatic heterocycles. The third-order valence-electron chi connectivity index (χ3n) is 2.14. The highest BCUT2D eigenvalue weighted by molar-refractivity contribution is 5.69. The van der Waals surface area contributed by atoms with E-state index in [-0.39, 0.29) is 6.42 Å². The van der Waals surface area contributed by atoms with Crippen LogP contribution in [0.4, 0.5) is 0 Å². The summed E-state index contributed by atoms with van der Waals surface area (Å²) >= 11 is 0. The molecule has 0 aromatic carbocycles. The third kappa shape index (κ3) is 3.20. The summed E-state index contributed by atoms with van der Waals surface area (Å²) in [7, 11) is 0. The van der Waals surface area contributed by atoms with Gasteiger partial charge in [0.05, 0.1) is 18.6 Å². The SMILES string of the molecule is NNOC(=O)CCN1CC(O)C(O)C1. The van der Waals surface area contributed by atoms with E-state index in [1.807, 2.05) is 0 Å². The van der Waals surface area contributed by atoms with Crippen molar-refractivity contribution in [1.29, 1.82) is 0 Å². The number of carbonyl (C=O) groups excluding carboxylic acids is 1. The number of aliphatic hydroxyl groups excluding tert-OH is 2. The number of nitrogens with one attached hydrogen (secondary N) is 1. The first-order valence-electron chi connectivity index (χ1n) is 4.37. The maximum atomic E-state index is 10.8. The van der Waals surface area contributed by atoms with Crippen molar-refractivity contribution in [3.8, 4) is 0 Å². The Labute approximate surface area is 81.4 Å². The molecule has 1 fully saturated rings. The lowest BCUT2D eigenvalue weighted by Gasteiger charge is -2.13. The zero-order chi connectivity index (χ0) is 10.6. The number of likely N-dealkylation sites (tertiary alicyclic amines) is 1. The van der Waals surface area contributed by atoms with Crippen molar-refractivity contribution in [2.24, 2.45) is 5.84 Å². The monoisotopic (exact) mass is 205 g/mol. The number of hydrogen-bond acceptors (Lipinski definition) is 7. The lowest BCUT2D eigenvalue weighted by Crippen LogP contribution is -2.30. The number of rotatable bonds is 4. The quantitative estimate of drug-likeness (QED) is 0.293. The van der Waals surface area contributed by atoms with Crippen LogP contribution in [0, 0.1) is 0 Å². The number of β-amino-alcohol motifs (C(OH)–C–C–N with tert-alkyl or cyclic N) is 2. The van der Waals surface area contributed by atoms with Crippen LogP contribution in [0.15, 0.2) is 0 Å². The predicted molar refractivity (Wildman–Crippen MR) is 46.5 cm³/mol. The van der Waals surface area contributed by atoms with Crippen LogP contribution >= 0.6 is 0 Å². The molecule has 1 aliphatic heterocycles. The van der Waals surface area contributed by atoms with E-state index in [9.17, 15) is 15.0 Å². The van der Waals surface area contributed by atoms with E-state index in [1.165, 1.54) is 0 Å². The van der Waals surface area contributed by atoms with Gasteiger partial charge >= 0.3 is 5.97 Å². The number of aliphatic hydroxyl groups is 2. The van der Waals surface area contributed by atoms with E-state index < -0.39 is 18.2 Å². The number of hydrogen-bond donors (Lipinski definition) is 4. The minimum atomic E-state index is -0.723. The van der Waals surface area contributed by atoms with Gasteiger partial charge in [0.25, 0.3) is 0 Å². The molecule has 2 atom stereocenters. The van der Waals surface area contributed by atoms with E-state index >= 15 is 0 Å². The van der Waals surface area contributed by atoms with Crippen LogP contribution in [0.3, 0.4) is 0 Å². The van der Waals surface area contributed by atoms with Crippen LogP contribution < -0.4 is 11.4 Å². The second kappa shape index (κ2) is 5.23. The Balaban J connectivity index is 2.17. The van der Waals surface area contributed by atoms with Crippen molar-refractivity contribution < 1.29 is 19.8 Å². The Hall–Kier alpha value is -0.730. The molecule has 1 aliphatic rings. The zero-order valence-corrected chi connectivity index (χ0v) is 7.72. The first-order chi connectivity index (χ1) is 6.63. The number of nitrogens with zero attached hydrogens (tertiary/aromatic N) is 1. The summed E-state index contributed by atoms with van der Waals surface area (Å²) < 4.78 is 0. The summed E-state index contributed by atoms with van der Waals surface area (Å²) in [5.41, 5.74) is 1.79. The minimum absolute atomic E-state index is 0.170. The average molecular weight is 205 g/mol. The summed E-state index contributed by atoms with van der Waals surface area (Å²) in [5.74, 6) is 4.30. The maximum absolute atomic E-state index is 10.8. The normalized spacial score (nSPS) is 27.9. The molecule has 0 bridgehead atoms. The molecule has 0 saturated carbocycles. The highest BCUT2D eigenvalue weighted by Gasteiger charge is 2.29. The average Bonchev–Trinajstić information content (AvgIpc) is 2.44. The van der Waals surface area contributed by atoms with E-state index in [4.69, 9.17) is 5.84 Å². The Morgan fingerprint density at radius 1 is 1.50 bits per heavy atom. The van der Waals surface area contributed by atoms with E-state index in [0.717, 1.165) is 0 Å². The molecule has 2 unspecified atom stereocenters. The molecule has 0 amide bonds. The minimum Gasteiger partial charge on any atom is -0.389 e. The molecular formula is C7H15N3O4. The van der Waals surface area contributed by atoms with Crippen LogP contribution in [-0.4, -0.2) is 52.9 Å². The molecule has 14 heavy (non-hydrogen) atoms. The predicted octanol–water partition coefficient (Wildman–Crippen LogP) is -2.66. The van der Waals surface area contributed by atoms with Gasteiger partial charge in [-0.3, -0.25) is 9.69 Å². The second-order valence-corrected chi connectivity index (χ2v) is 3.24. The molecule has 0 radical (unpaired) electrons. The fraction of sp³-hybridized carbons (Fsp3) is 0.857. The second-order valence-electron chi connectivity index (χ2n) is 3.24. The van der Waals surface area contributed by atoms with Crippen molar-refractivity contribution in [3.63, 3.8) is 0 Å². The van der Waals surface area contributed by atoms with E-state index in [1.54, 1.807) is 10.5 Å². The van der Waals surface area contributed by atoms with Crippen LogP contribution in [0.5, 0.6) is 0 Å². The smallest absolute Gasteiger partial charge is 0.327 e. The lowest BCUT2D eigenvalue weighted by molar-refractivity contribution is -0.151. The number of carbonyl (C=O) groups is 1. The summed E-state index contributed by atoms with van der Waals surface area (Å²) in [5, 5.41) is 18.4. The van der Waals surface area contributed by atoms with Gasteiger partial charge in [-0.2, -0.15) is 0 Å². The van der Waals surface area contributed by atoms with E-state index in [0.29, 0.717) is 19.6 Å². The van der Waals surface area contributed by atoms with Gasteiger partial charge in [0.2, 0.25) is 0 Å². The van der Waals surface area contributed by atoms with Gasteiger partial charge in [0, 0.05) is 19.6 Å². The first-order valence-corrected chi connectivity index (χ1v) is 4.37. The molecular weight excluding hydrogens is 190 g/mol. The summed E-state index contributed by atoms with van der Waals surface area (Å²) in [6.45, 7) is 1.20. The van der Waals surface area contributed by atoms with Crippen LogP contribution in [0.25, 0.3) is 0 Å². The zero-order valence-electron chi connectivity index (χ0n) is 7.72. The van der Waals surface area contributed by atoms with Crippen molar-refractivity contribution in [1.82, 2.24) is 10.5 Å². The standard InChI is InChI=1S/C7H15N3O4/c8-9-14-7(13)1-2-10-3-5(11)6(12)4-10/h5-6,9,11-12H,1-4,8H2. The molecule has 0 aliphatic carbocycles.